The Morgan fingerprint density at radius 1 is 1.29 bits per heavy atom. The second-order valence-corrected chi connectivity index (χ2v) is 5.92. The highest BCUT2D eigenvalue weighted by atomic mass is 35.5. The van der Waals surface area contributed by atoms with Crippen molar-refractivity contribution in [2.45, 2.75) is 37.6 Å². The summed E-state index contributed by atoms with van der Waals surface area (Å²) in [5.74, 6) is 1.60. The van der Waals surface area contributed by atoms with Crippen LogP contribution in [-0.4, -0.2) is 17.3 Å². The molecule has 21 heavy (non-hydrogen) atoms. The average Bonchev–Trinajstić information content (AvgIpc) is 2.98. The minimum absolute atomic E-state index is 0.389. The van der Waals surface area contributed by atoms with Crippen LogP contribution in [0.3, 0.4) is 0 Å². The molecule has 0 atom stereocenters. The van der Waals surface area contributed by atoms with E-state index >= 15 is 0 Å². The summed E-state index contributed by atoms with van der Waals surface area (Å²) in [4.78, 5) is 4.48. The third kappa shape index (κ3) is 2.76. The zero-order chi connectivity index (χ0) is 14.9. The Morgan fingerprint density at radius 3 is 2.76 bits per heavy atom. The van der Waals surface area contributed by atoms with E-state index in [4.69, 9.17) is 26.6 Å². The minimum atomic E-state index is -0.480. The number of nitrogens with zero attached hydrogens (tertiary/aromatic N) is 2. The van der Waals surface area contributed by atoms with Gasteiger partial charge in [0.1, 0.15) is 5.75 Å². The van der Waals surface area contributed by atoms with Gasteiger partial charge < -0.3 is 15.0 Å². The van der Waals surface area contributed by atoms with Gasteiger partial charge in [-0.3, -0.25) is 0 Å². The van der Waals surface area contributed by atoms with E-state index < -0.39 is 5.54 Å². The number of rotatable bonds is 3. The third-order valence-corrected chi connectivity index (χ3v) is 4.24. The van der Waals surface area contributed by atoms with E-state index in [1.165, 1.54) is 6.42 Å². The van der Waals surface area contributed by atoms with Crippen molar-refractivity contribution in [2.75, 3.05) is 7.11 Å². The molecule has 0 radical (unpaired) electrons. The van der Waals surface area contributed by atoms with Gasteiger partial charge in [0.05, 0.1) is 18.2 Å². The molecule has 1 aliphatic rings. The smallest absolute Gasteiger partial charge is 0.261 e. The molecule has 1 aromatic heterocycles. The Bertz CT molecular complexity index is 636. The molecule has 3 rings (SSSR count). The highest BCUT2D eigenvalue weighted by Crippen LogP contribution is 2.36. The van der Waals surface area contributed by atoms with Crippen molar-refractivity contribution in [3.8, 4) is 17.2 Å². The Morgan fingerprint density at radius 2 is 2.05 bits per heavy atom. The maximum atomic E-state index is 6.43. The lowest BCUT2D eigenvalue weighted by Gasteiger charge is -2.29. The molecule has 1 aromatic carbocycles. The molecule has 1 saturated carbocycles. The van der Waals surface area contributed by atoms with Crippen LogP contribution in [0.4, 0.5) is 0 Å². The maximum absolute atomic E-state index is 6.43. The molecule has 2 N–H and O–H groups in total. The van der Waals surface area contributed by atoms with Crippen molar-refractivity contribution in [3.63, 3.8) is 0 Å². The summed E-state index contributed by atoms with van der Waals surface area (Å²) in [5, 5.41) is 4.67. The first-order valence-corrected chi connectivity index (χ1v) is 7.47. The summed E-state index contributed by atoms with van der Waals surface area (Å²) in [6.45, 7) is 0. The highest BCUT2D eigenvalue weighted by molar-refractivity contribution is 6.30. The lowest BCUT2D eigenvalue weighted by atomic mass is 9.82. The van der Waals surface area contributed by atoms with Crippen LogP contribution in [0.5, 0.6) is 5.75 Å². The van der Waals surface area contributed by atoms with Gasteiger partial charge in [-0.25, -0.2) is 0 Å². The first-order valence-electron chi connectivity index (χ1n) is 7.09. The Hall–Kier alpha value is -1.59. The molecular weight excluding hydrogens is 290 g/mol. The Kier molecular flexibility index (Phi) is 3.87. The van der Waals surface area contributed by atoms with Gasteiger partial charge in [-0.05, 0) is 31.0 Å². The van der Waals surface area contributed by atoms with Crippen LogP contribution in [0.15, 0.2) is 22.7 Å². The topological polar surface area (TPSA) is 74.2 Å². The van der Waals surface area contributed by atoms with Gasteiger partial charge in [-0.2, -0.15) is 4.98 Å². The van der Waals surface area contributed by atoms with Crippen molar-refractivity contribution >= 4 is 11.6 Å². The second-order valence-electron chi connectivity index (χ2n) is 5.48. The van der Waals surface area contributed by atoms with E-state index in [0.29, 0.717) is 28.1 Å². The monoisotopic (exact) mass is 307 g/mol. The number of methoxy groups -OCH3 is 1. The number of hydrogen-bond donors (Lipinski definition) is 1. The quantitative estimate of drug-likeness (QED) is 0.939. The average molecular weight is 308 g/mol. The number of benzene rings is 1. The van der Waals surface area contributed by atoms with E-state index in [9.17, 15) is 0 Å². The summed E-state index contributed by atoms with van der Waals surface area (Å²) in [6.07, 6.45) is 5.19. The van der Waals surface area contributed by atoms with Gasteiger partial charge >= 0.3 is 0 Å². The minimum Gasteiger partial charge on any atom is -0.496 e. The standard InChI is InChI=1S/C15H18ClN3O2/c1-20-12-6-5-10(16)9-11(12)13-18-14(19-21-13)15(17)7-3-2-4-8-15/h5-6,9H,2-4,7-8,17H2,1H3. The largest absolute Gasteiger partial charge is 0.496 e. The van der Waals surface area contributed by atoms with E-state index in [1.54, 1.807) is 25.3 Å². The molecule has 2 aromatic rings. The zero-order valence-corrected chi connectivity index (χ0v) is 12.7. The van der Waals surface area contributed by atoms with E-state index in [1.807, 2.05) is 0 Å². The molecule has 112 valence electrons. The maximum Gasteiger partial charge on any atom is 0.261 e. The van der Waals surface area contributed by atoms with Gasteiger partial charge in [0, 0.05) is 5.02 Å². The Labute approximate surface area is 128 Å². The normalized spacial score (nSPS) is 17.7. The molecule has 0 unspecified atom stereocenters. The van der Waals surface area contributed by atoms with Gasteiger partial charge in [-0.15, -0.1) is 0 Å². The van der Waals surface area contributed by atoms with Crippen LogP contribution in [-0.2, 0) is 5.54 Å². The van der Waals surface area contributed by atoms with E-state index in [-0.39, 0.29) is 0 Å². The first-order chi connectivity index (χ1) is 10.1. The molecule has 1 heterocycles. The van der Waals surface area contributed by atoms with Crippen molar-refractivity contribution in [3.05, 3.63) is 29.0 Å². The molecule has 0 aliphatic heterocycles. The van der Waals surface area contributed by atoms with Gasteiger partial charge in [-0.1, -0.05) is 36.0 Å². The lowest BCUT2D eigenvalue weighted by molar-refractivity contribution is 0.275. The number of ether oxygens (including phenoxy) is 1. The molecule has 5 nitrogen and oxygen atoms in total. The Balaban J connectivity index is 1.96. The first kappa shape index (κ1) is 14.4. The molecule has 1 aliphatic carbocycles. The summed E-state index contributed by atoms with van der Waals surface area (Å²) < 4.78 is 10.7. The number of halogens is 1. The third-order valence-electron chi connectivity index (χ3n) is 4.01. The molecule has 0 saturated heterocycles. The fourth-order valence-corrected chi connectivity index (χ4v) is 2.96. The fraction of sp³-hybridized carbons (Fsp3) is 0.467. The summed E-state index contributed by atoms with van der Waals surface area (Å²) >= 11 is 6.04. The molecule has 0 bridgehead atoms. The van der Waals surface area contributed by atoms with Crippen molar-refractivity contribution in [1.29, 1.82) is 0 Å². The molecule has 0 amide bonds. The summed E-state index contributed by atoms with van der Waals surface area (Å²) in [7, 11) is 1.59. The van der Waals surface area contributed by atoms with Crippen LogP contribution in [0.1, 0.15) is 37.9 Å². The fourth-order valence-electron chi connectivity index (χ4n) is 2.79. The SMILES string of the molecule is COc1ccc(Cl)cc1-c1nc(C2(N)CCCCC2)no1. The second kappa shape index (κ2) is 5.66. The molecule has 6 heteroatoms. The predicted octanol–water partition coefficient (Wildman–Crippen LogP) is 3.52. The number of nitrogens with two attached hydrogens (primary N) is 1. The zero-order valence-electron chi connectivity index (χ0n) is 11.9. The van der Waals surface area contributed by atoms with Crippen LogP contribution >= 0.6 is 11.6 Å². The van der Waals surface area contributed by atoms with Crippen LogP contribution in [0.2, 0.25) is 5.02 Å². The molecular formula is C15H18ClN3O2. The molecule has 1 fully saturated rings. The number of hydrogen-bond acceptors (Lipinski definition) is 5. The van der Waals surface area contributed by atoms with Gasteiger partial charge in [0.2, 0.25) is 0 Å². The summed E-state index contributed by atoms with van der Waals surface area (Å²) in [5.41, 5.74) is 6.63. The van der Waals surface area contributed by atoms with Crippen LogP contribution in [0, 0.1) is 0 Å². The number of aromatic nitrogens is 2. The van der Waals surface area contributed by atoms with E-state index in [0.717, 1.165) is 25.7 Å². The van der Waals surface area contributed by atoms with Crippen molar-refractivity contribution < 1.29 is 9.26 Å². The lowest BCUT2D eigenvalue weighted by Crippen LogP contribution is -2.39. The van der Waals surface area contributed by atoms with Gasteiger partial charge in [0.15, 0.2) is 5.82 Å². The highest BCUT2D eigenvalue weighted by Gasteiger charge is 2.34. The van der Waals surface area contributed by atoms with Crippen LogP contribution in [0.25, 0.3) is 11.5 Å². The summed E-state index contributed by atoms with van der Waals surface area (Å²) in [6, 6.07) is 5.29. The van der Waals surface area contributed by atoms with E-state index in [2.05, 4.69) is 10.1 Å². The predicted molar refractivity (Wildman–Crippen MR) is 80.2 cm³/mol. The van der Waals surface area contributed by atoms with Crippen molar-refractivity contribution in [1.82, 2.24) is 10.1 Å². The van der Waals surface area contributed by atoms with Gasteiger partial charge in [0.25, 0.3) is 5.89 Å². The van der Waals surface area contributed by atoms with Crippen molar-refractivity contribution in [2.24, 2.45) is 5.73 Å². The van der Waals surface area contributed by atoms with Crippen LogP contribution < -0.4 is 10.5 Å². The molecule has 0 spiro atoms.